The smallest absolute Gasteiger partial charge is 0.258 e. The summed E-state index contributed by atoms with van der Waals surface area (Å²) in [4.78, 5) is 30.8. The number of aromatic nitrogens is 3. The highest BCUT2D eigenvalue weighted by Crippen LogP contribution is 2.48. The molecule has 4 heterocycles. The van der Waals surface area contributed by atoms with Gasteiger partial charge in [-0.2, -0.15) is 4.98 Å². The first-order valence-electron chi connectivity index (χ1n) is 8.39. The Labute approximate surface area is 158 Å². The van der Waals surface area contributed by atoms with E-state index in [1.54, 1.807) is 16.8 Å². The Morgan fingerprint density at radius 1 is 1.08 bits per heavy atom. The zero-order chi connectivity index (χ0) is 18.0. The van der Waals surface area contributed by atoms with Crippen LogP contribution in [0, 0.1) is 11.8 Å². The molecule has 134 valence electrons. The molecule has 2 amide bonds. The van der Waals surface area contributed by atoms with Gasteiger partial charge in [0.1, 0.15) is 6.33 Å². The predicted octanol–water partition coefficient (Wildman–Crippen LogP) is 2.30. The van der Waals surface area contributed by atoms with Gasteiger partial charge < -0.3 is 4.74 Å². The van der Waals surface area contributed by atoms with E-state index in [-0.39, 0.29) is 41.8 Å². The van der Waals surface area contributed by atoms with Crippen molar-refractivity contribution in [2.45, 2.75) is 31.6 Å². The topological polar surface area (TPSA) is 77.3 Å². The fourth-order valence-electron chi connectivity index (χ4n) is 4.20. The number of carbonyl (C=O) groups is 2. The molecule has 3 fully saturated rings. The maximum absolute atomic E-state index is 12.7. The number of fused-ring (bicyclic) bond motifs is 5. The summed E-state index contributed by atoms with van der Waals surface area (Å²) < 4.78 is 7.30. The molecule has 4 atom stereocenters. The summed E-state index contributed by atoms with van der Waals surface area (Å²) in [5, 5.41) is 5.25. The Bertz CT molecular complexity index is 902. The summed E-state index contributed by atoms with van der Waals surface area (Å²) in [6.45, 7) is 0.404. The third-order valence-corrected chi connectivity index (χ3v) is 6.08. The third kappa shape index (κ3) is 2.31. The third-order valence-electron chi connectivity index (χ3n) is 5.34. The van der Waals surface area contributed by atoms with E-state index in [1.807, 2.05) is 6.07 Å². The van der Waals surface area contributed by atoms with Gasteiger partial charge in [-0.25, -0.2) is 9.58 Å². The molecule has 3 saturated heterocycles. The molecule has 0 spiro atoms. The zero-order valence-electron chi connectivity index (χ0n) is 13.5. The minimum absolute atomic E-state index is 0.119. The van der Waals surface area contributed by atoms with Crippen molar-refractivity contribution in [3.63, 3.8) is 0 Å². The first kappa shape index (κ1) is 16.2. The second-order valence-corrected chi connectivity index (χ2v) is 7.66. The standard InChI is InChI=1S/C17H14Cl2N4O3/c18-9-2-1-8(5-10(9)19)6-22-7-20-17(21-22)23-15(24)13-11-3-4-12(26-11)14(13)16(23)25/h1-2,5,7,11-14H,3-4,6H2/t11-,12+,13-,14+. The molecule has 9 heteroatoms. The fourth-order valence-corrected chi connectivity index (χ4v) is 4.52. The molecule has 2 aromatic rings. The Hall–Kier alpha value is -1.96. The lowest BCUT2D eigenvalue weighted by Gasteiger charge is -2.14. The first-order chi connectivity index (χ1) is 12.5. The van der Waals surface area contributed by atoms with Crippen molar-refractivity contribution in [2.24, 2.45) is 11.8 Å². The molecule has 0 unspecified atom stereocenters. The molecule has 0 N–H and O–H groups in total. The van der Waals surface area contributed by atoms with Crippen LogP contribution in [0.3, 0.4) is 0 Å². The lowest BCUT2D eigenvalue weighted by atomic mass is 9.81. The second-order valence-electron chi connectivity index (χ2n) is 6.84. The highest BCUT2D eigenvalue weighted by atomic mass is 35.5. The lowest BCUT2D eigenvalue weighted by molar-refractivity contribution is -0.124. The molecule has 2 bridgehead atoms. The molecular weight excluding hydrogens is 379 g/mol. The van der Waals surface area contributed by atoms with E-state index in [0.29, 0.717) is 16.6 Å². The Morgan fingerprint density at radius 3 is 2.42 bits per heavy atom. The molecule has 7 nitrogen and oxygen atoms in total. The van der Waals surface area contributed by atoms with Gasteiger partial charge in [0, 0.05) is 0 Å². The fraction of sp³-hybridized carbons (Fsp3) is 0.412. The van der Waals surface area contributed by atoms with E-state index in [2.05, 4.69) is 10.1 Å². The van der Waals surface area contributed by atoms with Gasteiger partial charge in [0.05, 0.1) is 40.6 Å². The van der Waals surface area contributed by atoms with Gasteiger partial charge >= 0.3 is 0 Å². The van der Waals surface area contributed by atoms with E-state index in [1.165, 1.54) is 6.33 Å². The number of ether oxygens (including phenoxy) is 1. The van der Waals surface area contributed by atoms with E-state index < -0.39 is 0 Å². The molecule has 3 aliphatic rings. The van der Waals surface area contributed by atoms with Crippen LogP contribution in [0.4, 0.5) is 5.95 Å². The normalized spacial score (nSPS) is 29.7. The summed E-state index contributed by atoms with van der Waals surface area (Å²) in [5.41, 5.74) is 0.887. The summed E-state index contributed by atoms with van der Waals surface area (Å²) in [7, 11) is 0. The minimum Gasteiger partial charge on any atom is -0.373 e. The Kier molecular flexibility index (Phi) is 3.60. The van der Waals surface area contributed by atoms with Crippen LogP contribution in [-0.2, 0) is 20.9 Å². The number of nitrogens with zero attached hydrogens (tertiary/aromatic N) is 4. The molecule has 1 aromatic carbocycles. The molecule has 0 aliphatic carbocycles. The molecule has 26 heavy (non-hydrogen) atoms. The molecule has 5 rings (SSSR count). The van der Waals surface area contributed by atoms with Crippen LogP contribution in [0.15, 0.2) is 24.5 Å². The minimum atomic E-state index is -0.386. The second kappa shape index (κ2) is 5.77. The van der Waals surface area contributed by atoms with Crippen LogP contribution in [0.25, 0.3) is 0 Å². The van der Waals surface area contributed by atoms with Gasteiger partial charge in [-0.3, -0.25) is 9.59 Å². The van der Waals surface area contributed by atoms with E-state index in [4.69, 9.17) is 27.9 Å². The number of rotatable bonds is 3. The maximum atomic E-state index is 12.7. The van der Waals surface area contributed by atoms with Crippen molar-refractivity contribution in [2.75, 3.05) is 4.90 Å². The monoisotopic (exact) mass is 392 g/mol. The van der Waals surface area contributed by atoms with Gasteiger partial charge in [0.25, 0.3) is 5.95 Å². The zero-order valence-corrected chi connectivity index (χ0v) is 15.0. The molecule has 0 radical (unpaired) electrons. The first-order valence-corrected chi connectivity index (χ1v) is 9.15. The van der Waals surface area contributed by atoms with Crippen LogP contribution >= 0.6 is 23.2 Å². The van der Waals surface area contributed by atoms with Gasteiger partial charge in [-0.05, 0) is 30.5 Å². The number of anilines is 1. The Balaban J connectivity index is 1.39. The van der Waals surface area contributed by atoms with E-state index in [0.717, 1.165) is 23.3 Å². The molecular formula is C17H14Cl2N4O3. The highest BCUT2D eigenvalue weighted by Gasteiger charge is 2.63. The Morgan fingerprint density at radius 2 is 1.77 bits per heavy atom. The van der Waals surface area contributed by atoms with Gasteiger partial charge in [0.15, 0.2) is 0 Å². The number of imide groups is 1. The number of hydrogen-bond acceptors (Lipinski definition) is 5. The summed E-state index contributed by atoms with van der Waals surface area (Å²) in [6, 6.07) is 5.29. The maximum Gasteiger partial charge on any atom is 0.258 e. The van der Waals surface area contributed by atoms with Crippen molar-refractivity contribution >= 4 is 41.0 Å². The highest BCUT2D eigenvalue weighted by molar-refractivity contribution is 6.42. The molecule has 3 aliphatic heterocycles. The van der Waals surface area contributed by atoms with Crippen LogP contribution in [-0.4, -0.2) is 38.8 Å². The van der Waals surface area contributed by atoms with Gasteiger partial charge in [0.2, 0.25) is 11.8 Å². The summed E-state index contributed by atoms with van der Waals surface area (Å²) in [6.07, 6.45) is 2.86. The number of benzene rings is 1. The largest absolute Gasteiger partial charge is 0.373 e. The van der Waals surface area contributed by atoms with Crippen molar-refractivity contribution in [1.82, 2.24) is 14.8 Å². The average molecular weight is 393 g/mol. The number of carbonyl (C=O) groups excluding carboxylic acids is 2. The van der Waals surface area contributed by atoms with Crippen molar-refractivity contribution in [3.8, 4) is 0 Å². The molecule has 0 saturated carbocycles. The van der Waals surface area contributed by atoms with Gasteiger partial charge in [-0.15, -0.1) is 5.10 Å². The van der Waals surface area contributed by atoms with Crippen molar-refractivity contribution in [3.05, 3.63) is 40.1 Å². The SMILES string of the molecule is O=C1[C@@H]2[C@H](C(=O)N1c1ncn(Cc3ccc(Cl)c(Cl)c3)n1)[C@H]1CC[C@@H]2O1. The van der Waals surface area contributed by atoms with Crippen LogP contribution in [0.5, 0.6) is 0 Å². The number of hydrogen-bond donors (Lipinski definition) is 0. The van der Waals surface area contributed by atoms with Crippen LogP contribution in [0.1, 0.15) is 18.4 Å². The number of halogens is 2. The van der Waals surface area contributed by atoms with Crippen molar-refractivity contribution < 1.29 is 14.3 Å². The lowest BCUT2D eigenvalue weighted by Crippen LogP contribution is -2.35. The van der Waals surface area contributed by atoms with E-state index >= 15 is 0 Å². The molecule has 1 aromatic heterocycles. The summed E-state index contributed by atoms with van der Waals surface area (Å²) in [5.74, 6) is -1.15. The van der Waals surface area contributed by atoms with Crippen molar-refractivity contribution in [1.29, 1.82) is 0 Å². The van der Waals surface area contributed by atoms with E-state index in [9.17, 15) is 9.59 Å². The summed E-state index contributed by atoms with van der Waals surface area (Å²) >= 11 is 12.0. The van der Waals surface area contributed by atoms with Gasteiger partial charge in [-0.1, -0.05) is 29.3 Å². The van der Waals surface area contributed by atoms with Crippen LogP contribution < -0.4 is 4.90 Å². The average Bonchev–Trinajstić information content (AvgIpc) is 3.36. The van der Waals surface area contributed by atoms with Crippen LogP contribution in [0.2, 0.25) is 10.0 Å². The predicted molar refractivity (Wildman–Crippen MR) is 93.0 cm³/mol. The quantitative estimate of drug-likeness (QED) is 0.748. The number of amides is 2.